The van der Waals surface area contributed by atoms with Crippen molar-refractivity contribution in [2.75, 3.05) is 11.8 Å². The molecule has 0 radical (unpaired) electrons. The van der Waals surface area contributed by atoms with Gasteiger partial charge in [-0.1, -0.05) is 12.1 Å². The molecule has 0 aliphatic carbocycles. The summed E-state index contributed by atoms with van der Waals surface area (Å²) in [6.07, 6.45) is 0. The molecule has 0 fully saturated rings. The van der Waals surface area contributed by atoms with E-state index in [-0.39, 0.29) is 11.5 Å². The fourth-order valence-electron chi connectivity index (χ4n) is 1.97. The van der Waals surface area contributed by atoms with Gasteiger partial charge in [-0.05, 0) is 48.4 Å². The van der Waals surface area contributed by atoms with Gasteiger partial charge in [0.15, 0.2) is 0 Å². The average Bonchev–Trinajstić information content (AvgIpc) is 2.47. The van der Waals surface area contributed by atoms with E-state index >= 15 is 0 Å². The molecular weight excluding hydrogens is 290 g/mol. The van der Waals surface area contributed by atoms with Crippen LogP contribution in [0.3, 0.4) is 0 Å². The Kier molecular flexibility index (Phi) is 4.50. The number of ether oxygens (including phenoxy) is 1. The number of hydrogen-bond acceptors (Lipinski definition) is 4. The van der Waals surface area contributed by atoms with E-state index < -0.39 is 10.0 Å². The standard InChI is InChI=1S/C15H17NO4S/c1-11-8-14(6-7-15(11)20-2)21(18,19)16-13-5-3-4-12(9-13)10-17/h3-9,16-17H,10H2,1-2H3. The number of anilines is 1. The van der Waals surface area contributed by atoms with Gasteiger partial charge in [0.1, 0.15) is 5.75 Å². The molecule has 0 aromatic heterocycles. The van der Waals surface area contributed by atoms with Gasteiger partial charge in [0, 0.05) is 5.69 Å². The second kappa shape index (κ2) is 6.15. The Hall–Kier alpha value is -2.05. The van der Waals surface area contributed by atoms with Crippen molar-refractivity contribution in [1.82, 2.24) is 0 Å². The maximum atomic E-state index is 12.3. The molecule has 5 nitrogen and oxygen atoms in total. The van der Waals surface area contributed by atoms with Crippen molar-refractivity contribution >= 4 is 15.7 Å². The van der Waals surface area contributed by atoms with E-state index in [1.807, 2.05) is 0 Å². The summed E-state index contributed by atoms with van der Waals surface area (Å²) < 4.78 is 32.3. The summed E-state index contributed by atoms with van der Waals surface area (Å²) in [7, 11) is -2.14. The van der Waals surface area contributed by atoms with Crippen molar-refractivity contribution in [1.29, 1.82) is 0 Å². The van der Waals surface area contributed by atoms with Crippen LogP contribution in [0.2, 0.25) is 0 Å². The number of aryl methyl sites for hydroxylation is 1. The number of hydrogen-bond donors (Lipinski definition) is 2. The second-order valence-electron chi connectivity index (χ2n) is 4.60. The van der Waals surface area contributed by atoms with Gasteiger partial charge in [-0.15, -0.1) is 0 Å². The third kappa shape index (κ3) is 3.53. The molecule has 2 aromatic carbocycles. The van der Waals surface area contributed by atoms with Crippen molar-refractivity contribution in [2.45, 2.75) is 18.4 Å². The minimum Gasteiger partial charge on any atom is -0.496 e. The molecule has 0 spiro atoms. The topological polar surface area (TPSA) is 75.6 Å². The molecule has 0 saturated heterocycles. The highest BCUT2D eigenvalue weighted by Crippen LogP contribution is 2.23. The Bertz CT molecular complexity index is 741. The number of nitrogens with one attached hydrogen (secondary N) is 1. The smallest absolute Gasteiger partial charge is 0.261 e. The molecule has 2 rings (SSSR count). The van der Waals surface area contributed by atoms with Crippen LogP contribution in [0.4, 0.5) is 5.69 Å². The SMILES string of the molecule is COc1ccc(S(=O)(=O)Nc2cccc(CO)c2)cc1C. The third-order valence-corrected chi connectivity index (χ3v) is 4.42. The van der Waals surface area contributed by atoms with Gasteiger partial charge in [-0.3, -0.25) is 4.72 Å². The molecule has 0 amide bonds. The van der Waals surface area contributed by atoms with E-state index in [1.165, 1.54) is 13.2 Å². The first-order valence-corrected chi connectivity index (χ1v) is 7.82. The third-order valence-electron chi connectivity index (χ3n) is 3.04. The van der Waals surface area contributed by atoms with Crippen molar-refractivity contribution in [3.8, 4) is 5.75 Å². The van der Waals surface area contributed by atoms with Crippen molar-refractivity contribution < 1.29 is 18.3 Å². The minimum atomic E-state index is -3.67. The lowest BCUT2D eigenvalue weighted by Gasteiger charge is -2.11. The van der Waals surface area contributed by atoms with Crippen molar-refractivity contribution in [3.05, 3.63) is 53.6 Å². The molecular formula is C15H17NO4S. The summed E-state index contributed by atoms with van der Waals surface area (Å²) in [5.41, 5.74) is 1.79. The highest BCUT2D eigenvalue weighted by molar-refractivity contribution is 7.92. The van der Waals surface area contributed by atoms with Gasteiger partial charge in [-0.2, -0.15) is 0 Å². The predicted molar refractivity (Wildman–Crippen MR) is 80.9 cm³/mol. The summed E-state index contributed by atoms with van der Waals surface area (Å²) in [4.78, 5) is 0.162. The lowest BCUT2D eigenvalue weighted by Crippen LogP contribution is -2.13. The Morgan fingerprint density at radius 1 is 1.19 bits per heavy atom. The van der Waals surface area contributed by atoms with Gasteiger partial charge in [-0.25, -0.2) is 8.42 Å². The molecule has 0 aliphatic heterocycles. The van der Waals surface area contributed by atoms with Crippen LogP contribution in [0.5, 0.6) is 5.75 Å². The van der Waals surface area contributed by atoms with Crippen LogP contribution in [0.15, 0.2) is 47.4 Å². The monoisotopic (exact) mass is 307 g/mol. The first kappa shape index (κ1) is 15.3. The number of benzene rings is 2. The van der Waals surface area contributed by atoms with Gasteiger partial charge < -0.3 is 9.84 Å². The molecule has 0 atom stereocenters. The van der Waals surface area contributed by atoms with E-state index in [9.17, 15) is 8.42 Å². The van der Waals surface area contributed by atoms with Gasteiger partial charge in [0.2, 0.25) is 0 Å². The maximum absolute atomic E-state index is 12.3. The molecule has 0 bridgehead atoms. The Morgan fingerprint density at radius 2 is 1.95 bits per heavy atom. The zero-order chi connectivity index (χ0) is 15.5. The van der Waals surface area contributed by atoms with Crippen LogP contribution in [0.1, 0.15) is 11.1 Å². The Balaban J connectivity index is 2.31. The van der Waals surface area contributed by atoms with E-state index in [0.29, 0.717) is 17.0 Å². The van der Waals surface area contributed by atoms with E-state index in [0.717, 1.165) is 5.56 Å². The van der Waals surface area contributed by atoms with E-state index in [4.69, 9.17) is 9.84 Å². The van der Waals surface area contributed by atoms with E-state index in [2.05, 4.69) is 4.72 Å². The number of aliphatic hydroxyl groups excluding tert-OH is 1. The Labute approximate surface area is 124 Å². The van der Waals surface area contributed by atoms with Crippen LogP contribution in [-0.4, -0.2) is 20.6 Å². The normalized spacial score (nSPS) is 11.2. The minimum absolute atomic E-state index is 0.142. The lowest BCUT2D eigenvalue weighted by molar-refractivity contribution is 0.282. The molecule has 21 heavy (non-hydrogen) atoms. The average molecular weight is 307 g/mol. The summed E-state index contributed by atoms with van der Waals surface area (Å²) in [6.45, 7) is 1.64. The highest BCUT2D eigenvalue weighted by Gasteiger charge is 2.15. The zero-order valence-electron chi connectivity index (χ0n) is 11.8. The van der Waals surface area contributed by atoms with Crippen LogP contribution in [0.25, 0.3) is 0 Å². The van der Waals surface area contributed by atoms with Crippen molar-refractivity contribution in [2.24, 2.45) is 0 Å². The van der Waals surface area contributed by atoms with Crippen LogP contribution >= 0.6 is 0 Å². The molecule has 0 saturated carbocycles. The predicted octanol–water partition coefficient (Wildman–Crippen LogP) is 2.30. The fourth-order valence-corrected chi connectivity index (χ4v) is 3.10. The largest absolute Gasteiger partial charge is 0.496 e. The summed E-state index contributed by atoms with van der Waals surface area (Å²) in [5.74, 6) is 0.635. The van der Waals surface area contributed by atoms with Gasteiger partial charge >= 0.3 is 0 Å². The summed E-state index contributed by atoms with van der Waals surface area (Å²) in [5, 5.41) is 9.08. The van der Waals surface area contributed by atoms with Gasteiger partial charge in [0.05, 0.1) is 18.6 Å². The highest BCUT2D eigenvalue weighted by atomic mass is 32.2. The molecule has 2 N–H and O–H groups in total. The molecule has 2 aromatic rings. The first-order chi connectivity index (χ1) is 9.96. The Morgan fingerprint density at radius 3 is 2.57 bits per heavy atom. The quantitative estimate of drug-likeness (QED) is 0.888. The molecule has 0 unspecified atom stereocenters. The molecule has 0 aliphatic rings. The van der Waals surface area contributed by atoms with Gasteiger partial charge in [0.25, 0.3) is 10.0 Å². The second-order valence-corrected chi connectivity index (χ2v) is 6.28. The maximum Gasteiger partial charge on any atom is 0.261 e. The number of rotatable bonds is 5. The van der Waals surface area contributed by atoms with Crippen LogP contribution in [-0.2, 0) is 16.6 Å². The molecule has 112 valence electrons. The first-order valence-electron chi connectivity index (χ1n) is 6.33. The number of aliphatic hydroxyl groups is 1. The zero-order valence-corrected chi connectivity index (χ0v) is 12.6. The van der Waals surface area contributed by atoms with Crippen molar-refractivity contribution in [3.63, 3.8) is 0 Å². The van der Waals surface area contributed by atoms with Crippen LogP contribution < -0.4 is 9.46 Å². The number of methoxy groups -OCH3 is 1. The fraction of sp³-hybridized carbons (Fsp3) is 0.200. The summed E-state index contributed by atoms with van der Waals surface area (Å²) >= 11 is 0. The summed E-state index contributed by atoms with van der Waals surface area (Å²) in [6, 6.07) is 11.3. The number of sulfonamides is 1. The molecule has 6 heteroatoms. The van der Waals surface area contributed by atoms with E-state index in [1.54, 1.807) is 43.3 Å². The lowest BCUT2D eigenvalue weighted by atomic mass is 10.2. The van der Waals surface area contributed by atoms with Crippen LogP contribution in [0, 0.1) is 6.92 Å². The molecule has 0 heterocycles.